The number of aromatic nitrogens is 3. The number of hydrogen-bond acceptors (Lipinski definition) is 7. The van der Waals surface area contributed by atoms with Gasteiger partial charge in [-0.05, 0) is 48.4 Å². The van der Waals surface area contributed by atoms with E-state index in [9.17, 15) is 9.59 Å². The minimum atomic E-state index is -0.487. The number of benzene rings is 1. The Morgan fingerprint density at radius 1 is 1.12 bits per heavy atom. The summed E-state index contributed by atoms with van der Waals surface area (Å²) >= 11 is 4.45. The van der Waals surface area contributed by atoms with E-state index in [1.165, 1.54) is 28.0 Å². The molecule has 10 heteroatoms. The molecule has 5 rings (SSSR count). The molecule has 1 aliphatic rings. The Hall–Kier alpha value is -2.95. The number of nitrogens with one attached hydrogen (secondary N) is 1. The van der Waals surface area contributed by atoms with Crippen LogP contribution in [0.5, 0.6) is 0 Å². The fourth-order valence-electron chi connectivity index (χ4n) is 3.96. The van der Waals surface area contributed by atoms with E-state index in [-0.39, 0.29) is 11.7 Å². The van der Waals surface area contributed by atoms with E-state index in [0.717, 1.165) is 41.2 Å². The van der Waals surface area contributed by atoms with Crippen LogP contribution in [0.2, 0.25) is 0 Å². The molecule has 3 heterocycles. The van der Waals surface area contributed by atoms with E-state index in [2.05, 4.69) is 21.6 Å². The smallest absolute Gasteiger partial charge is 0.251 e. The van der Waals surface area contributed by atoms with Crippen LogP contribution in [0, 0.1) is 0 Å². The lowest BCUT2D eigenvalue weighted by Crippen LogP contribution is -2.19. The number of hydrogen-bond donors (Lipinski definition) is 2. The van der Waals surface area contributed by atoms with Gasteiger partial charge in [0.15, 0.2) is 5.16 Å². The molecule has 0 saturated heterocycles. The molecule has 7 nitrogen and oxygen atoms in total. The van der Waals surface area contributed by atoms with Gasteiger partial charge in [-0.1, -0.05) is 36.0 Å². The molecule has 3 N–H and O–H groups in total. The second kappa shape index (κ2) is 9.50. The molecular weight excluding hydrogens is 474 g/mol. The van der Waals surface area contributed by atoms with Gasteiger partial charge in [0.1, 0.15) is 10.8 Å². The first kappa shape index (κ1) is 21.9. The van der Waals surface area contributed by atoms with Crippen molar-refractivity contribution < 1.29 is 9.59 Å². The molecule has 0 atom stereocenters. The van der Waals surface area contributed by atoms with E-state index in [1.54, 1.807) is 11.3 Å². The zero-order valence-electron chi connectivity index (χ0n) is 17.6. The molecule has 3 aromatic heterocycles. The van der Waals surface area contributed by atoms with Gasteiger partial charge in [0.05, 0.1) is 11.3 Å². The highest BCUT2D eigenvalue weighted by molar-refractivity contribution is 7.99. The van der Waals surface area contributed by atoms with E-state index in [1.807, 2.05) is 46.3 Å². The summed E-state index contributed by atoms with van der Waals surface area (Å²) < 4.78 is 1.99. The number of fused-ring (bicyclic) bond motifs is 1. The van der Waals surface area contributed by atoms with Crippen molar-refractivity contribution in [1.29, 1.82) is 0 Å². The number of nitrogens with two attached hydrogens (primary N) is 1. The molecule has 0 unspecified atom stereocenters. The van der Waals surface area contributed by atoms with E-state index >= 15 is 0 Å². The van der Waals surface area contributed by atoms with Crippen LogP contribution in [0.15, 0.2) is 53.0 Å². The van der Waals surface area contributed by atoms with Crippen molar-refractivity contribution in [3.05, 3.63) is 74.6 Å². The van der Waals surface area contributed by atoms with Crippen molar-refractivity contribution in [3.8, 4) is 5.69 Å². The number of anilines is 1. The summed E-state index contributed by atoms with van der Waals surface area (Å²) in [4.78, 5) is 27.1. The van der Waals surface area contributed by atoms with Gasteiger partial charge in [0.2, 0.25) is 5.91 Å². The first-order valence-electron chi connectivity index (χ1n) is 10.5. The van der Waals surface area contributed by atoms with Crippen LogP contribution in [0.25, 0.3) is 5.69 Å². The molecule has 33 heavy (non-hydrogen) atoms. The molecule has 1 aromatic carbocycles. The molecule has 0 saturated carbocycles. The maximum absolute atomic E-state index is 12.8. The molecule has 1 aliphatic carbocycles. The number of carbonyl (C=O) groups is 2. The number of thiophene rings is 2. The Bertz CT molecular complexity index is 1300. The van der Waals surface area contributed by atoms with E-state index in [4.69, 9.17) is 5.73 Å². The van der Waals surface area contributed by atoms with Crippen LogP contribution in [0.1, 0.15) is 37.9 Å². The fourth-order valence-corrected chi connectivity index (χ4v) is 6.74. The Morgan fingerprint density at radius 3 is 2.73 bits per heavy atom. The quantitative estimate of drug-likeness (QED) is 0.355. The molecule has 0 radical (unpaired) electrons. The van der Waals surface area contributed by atoms with Crippen LogP contribution in [0.3, 0.4) is 0 Å². The largest absolute Gasteiger partial charge is 0.365 e. The third-order valence-electron chi connectivity index (χ3n) is 5.38. The fraction of sp³-hybridized carbons (Fsp3) is 0.217. The molecule has 168 valence electrons. The normalized spacial score (nSPS) is 12.6. The molecule has 0 spiro atoms. The van der Waals surface area contributed by atoms with Gasteiger partial charge in [-0.25, -0.2) is 0 Å². The SMILES string of the molecule is NC(=O)c1c(NC(=O)CSc2nnc(Cc3cccs3)n2-c2ccccc2)sc2c1CCC2. The lowest BCUT2D eigenvalue weighted by Gasteiger charge is -2.10. The van der Waals surface area contributed by atoms with Gasteiger partial charge in [0.25, 0.3) is 5.91 Å². The van der Waals surface area contributed by atoms with Crippen LogP contribution in [-0.4, -0.2) is 32.3 Å². The second-order valence-corrected chi connectivity index (χ2v) is 10.7. The zero-order chi connectivity index (χ0) is 22.8. The monoisotopic (exact) mass is 495 g/mol. The summed E-state index contributed by atoms with van der Waals surface area (Å²) in [5.41, 5.74) is 8.02. The van der Waals surface area contributed by atoms with Crippen molar-refractivity contribution in [3.63, 3.8) is 0 Å². The molecule has 4 aromatic rings. The van der Waals surface area contributed by atoms with Crippen LogP contribution in [0.4, 0.5) is 5.00 Å². The summed E-state index contributed by atoms with van der Waals surface area (Å²) in [5.74, 6) is 0.270. The minimum absolute atomic E-state index is 0.144. The Labute approximate surface area is 203 Å². The number of rotatable bonds is 8. The molecule has 2 amide bonds. The van der Waals surface area contributed by atoms with Gasteiger partial charge >= 0.3 is 0 Å². The van der Waals surface area contributed by atoms with Crippen LogP contribution in [-0.2, 0) is 24.1 Å². The lowest BCUT2D eigenvalue weighted by molar-refractivity contribution is -0.113. The Morgan fingerprint density at radius 2 is 1.97 bits per heavy atom. The number of carbonyl (C=O) groups excluding carboxylic acids is 2. The summed E-state index contributed by atoms with van der Waals surface area (Å²) in [6.07, 6.45) is 3.45. The number of amides is 2. The zero-order valence-corrected chi connectivity index (χ0v) is 20.1. The average molecular weight is 496 g/mol. The van der Waals surface area contributed by atoms with Crippen molar-refractivity contribution in [1.82, 2.24) is 14.8 Å². The number of nitrogens with zero attached hydrogens (tertiary/aromatic N) is 3. The number of primary amides is 1. The summed E-state index contributed by atoms with van der Waals surface area (Å²) in [7, 11) is 0. The predicted octanol–water partition coefficient (Wildman–Crippen LogP) is 4.30. The topological polar surface area (TPSA) is 103 Å². The molecule has 0 aliphatic heterocycles. The second-order valence-electron chi connectivity index (χ2n) is 7.59. The predicted molar refractivity (Wildman–Crippen MR) is 133 cm³/mol. The van der Waals surface area contributed by atoms with Gasteiger partial charge < -0.3 is 11.1 Å². The third kappa shape index (κ3) is 4.59. The first-order valence-corrected chi connectivity index (χ1v) is 13.2. The lowest BCUT2D eigenvalue weighted by atomic mass is 10.1. The number of para-hydroxylation sites is 1. The van der Waals surface area contributed by atoms with Crippen molar-refractivity contribution in [2.24, 2.45) is 5.73 Å². The van der Waals surface area contributed by atoms with Crippen molar-refractivity contribution >= 4 is 51.3 Å². The third-order valence-corrected chi connectivity index (χ3v) is 8.39. The molecule has 0 bridgehead atoms. The standard InChI is InChI=1S/C23H21N5O2S3/c24-21(30)20-16-9-4-10-17(16)33-22(20)25-19(29)13-32-23-27-26-18(12-15-8-5-11-31-15)28(23)14-6-2-1-3-7-14/h1-3,5-8,11H,4,9-10,12-13H2,(H2,24,30)(H,25,29). The van der Waals surface area contributed by atoms with E-state index in [0.29, 0.717) is 22.1 Å². The minimum Gasteiger partial charge on any atom is -0.365 e. The van der Waals surface area contributed by atoms with E-state index < -0.39 is 5.91 Å². The molecule has 0 fully saturated rings. The molecular formula is C23H21N5O2S3. The van der Waals surface area contributed by atoms with Gasteiger partial charge in [0, 0.05) is 21.9 Å². The van der Waals surface area contributed by atoms with Gasteiger partial charge in [-0.2, -0.15) is 0 Å². The maximum atomic E-state index is 12.8. The summed E-state index contributed by atoms with van der Waals surface area (Å²) in [6.45, 7) is 0. The van der Waals surface area contributed by atoms with Gasteiger partial charge in [-0.15, -0.1) is 32.9 Å². The van der Waals surface area contributed by atoms with Crippen LogP contribution < -0.4 is 11.1 Å². The number of aryl methyl sites for hydroxylation is 1. The maximum Gasteiger partial charge on any atom is 0.251 e. The highest BCUT2D eigenvalue weighted by Gasteiger charge is 2.26. The summed E-state index contributed by atoms with van der Waals surface area (Å²) in [5, 5.41) is 14.9. The Kier molecular flexibility index (Phi) is 6.30. The summed E-state index contributed by atoms with van der Waals surface area (Å²) in [6, 6.07) is 14.0. The van der Waals surface area contributed by atoms with Crippen LogP contribution >= 0.6 is 34.4 Å². The van der Waals surface area contributed by atoms with Gasteiger partial charge in [-0.3, -0.25) is 14.2 Å². The highest BCUT2D eigenvalue weighted by atomic mass is 32.2. The van der Waals surface area contributed by atoms with Crippen molar-refractivity contribution in [2.75, 3.05) is 11.1 Å². The van der Waals surface area contributed by atoms with Crippen molar-refractivity contribution in [2.45, 2.75) is 30.8 Å². The highest BCUT2D eigenvalue weighted by Crippen LogP contribution is 2.39. The average Bonchev–Trinajstić information content (AvgIpc) is 3.58. The first-order chi connectivity index (χ1) is 16.1. The Balaban J connectivity index is 1.34. The number of thioether (sulfide) groups is 1.